The molecule has 0 unspecified atom stereocenters. The van der Waals surface area contributed by atoms with Crippen LogP contribution in [0.2, 0.25) is 0 Å². The highest BCUT2D eigenvalue weighted by molar-refractivity contribution is 9.09. The molecule has 0 aliphatic heterocycles. The average molecular weight is 730 g/mol. The summed E-state index contributed by atoms with van der Waals surface area (Å²) in [6, 6.07) is 6.85. The molecule has 230 valence electrons. The van der Waals surface area contributed by atoms with Crippen LogP contribution in [-0.4, -0.2) is 82.5 Å². The Labute approximate surface area is 268 Å². The summed E-state index contributed by atoms with van der Waals surface area (Å²) in [5, 5.41) is 40.1. The highest BCUT2D eigenvalue weighted by atomic mass is 79.9. The van der Waals surface area contributed by atoms with E-state index in [1.54, 1.807) is 46.0 Å². The molecule has 0 radical (unpaired) electrons. The molecule has 0 aliphatic carbocycles. The Kier molecular flexibility index (Phi) is 10.9. The van der Waals surface area contributed by atoms with Gasteiger partial charge in [-0.1, -0.05) is 52.7 Å². The van der Waals surface area contributed by atoms with Crippen molar-refractivity contribution < 1.29 is 9.59 Å². The third-order valence-corrected chi connectivity index (χ3v) is 7.10. The van der Waals surface area contributed by atoms with Crippen LogP contribution < -0.4 is 10.6 Å². The molecule has 0 saturated heterocycles. The average Bonchev–Trinajstić information content (AvgIpc) is 3.82. The molecule has 0 bridgehead atoms. The number of nitrogens with one attached hydrogen (secondary N) is 2. The quantitative estimate of drug-likeness (QED) is 0.142. The van der Waals surface area contributed by atoms with E-state index in [2.05, 4.69) is 83.7 Å². The number of aromatic nitrogens is 12. The van der Waals surface area contributed by atoms with E-state index in [9.17, 15) is 9.59 Å². The third-order valence-electron chi connectivity index (χ3n) is 6.30. The van der Waals surface area contributed by atoms with E-state index >= 15 is 0 Å². The summed E-state index contributed by atoms with van der Waals surface area (Å²) in [5.41, 5.74) is 4.54. The van der Waals surface area contributed by atoms with Gasteiger partial charge < -0.3 is 10.6 Å². The molecular weight excluding hydrogens is 700 g/mol. The first kappa shape index (κ1) is 31.1. The van der Waals surface area contributed by atoms with Gasteiger partial charge in [-0.05, 0) is 24.3 Å². The smallest absolute Gasteiger partial charge is 0.246 e. The van der Waals surface area contributed by atoms with Crippen LogP contribution in [-0.2, 0) is 61.5 Å². The van der Waals surface area contributed by atoms with Crippen molar-refractivity contribution >= 4 is 55.0 Å². The van der Waals surface area contributed by atoms with Gasteiger partial charge in [0, 0.05) is 85.6 Å². The van der Waals surface area contributed by atoms with Crippen LogP contribution in [0.25, 0.3) is 0 Å². The van der Waals surface area contributed by atoms with Crippen LogP contribution in [0.15, 0.2) is 49.1 Å². The number of amides is 2. The number of carbonyl (C=O) groups is 2. The van der Waals surface area contributed by atoms with E-state index in [1.807, 2.05) is 12.4 Å². The lowest BCUT2D eigenvalue weighted by atomic mass is 10.2. The van der Waals surface area contributed by atoms with Gasteiger partial charge in [-0.25, -0.2) is 9.36 Å². The molecule has 0 fully saturated rings. The summed E-state index contributed by atoms with van der Waals surface area (Å²) < 4.78 is 6.52. The topological polar surface area (TPSA) is 181 Å². The number of anilines is 2. The number of aryl methyl sites for hydroxylation is 6. The number of hydrogen-bond acceptors (Lipinski definition) is 10. The highest BCUT2D eigenvalue weighted by Crippen LogP contribution is 2.14. The third kappa shape index (κ3) is 9.34. The Morgan fingerprint density at radius 2 is 0.886 bits per heavy atom. The van der Waals surface area contributed by atoms with Crippen molar-refractivity contribution in [2.45, 2.75) is 51.9 Å². The van der Waals surface area contributed by atoms with Crippen molar-refractivity contribution in [3.05, 3.63) is 71.8 Å². The molecule has 2 amide bonds. The molecule has 2 N–H and O–H groups in total. The first-order valence-corrected chi connectivity index (χ1v) is 16.1. The maximum absolute atomic E-state index is 12.5. The Morgan fingerprint density at radius 3 is 1.27 bits per heavy atom. The number of halogens is 2. The molecule has 0 aliphatic rings. The second kappa shape index (κ2) is 15.4. The van der Waals surface area contributed by atoms with Crippen molar-refractivity contribution in [2.75, 3.05) is 21.3 Å². The van der Waals surface area contributed by atoms with Crippen LogP contribution in [0.1, 0.15) is 22.8 Å². The molecule has 1 aromatic carbocycles. The number of hydrogen-bond donors (Lipinski definition) is 2. The zero-order chi connectivity index (χ0) is 30.7. The van der Waals surface area contributed by atoms with Gasteiger partial charge in [-0.2, -0.15) is 0 Å². The molecule has 44 heavy (non-hydrogen) atoms. The Bertz CT molecular complexity index is 1540. The zero-order valence-corrected chi connectivity index (χ0v) is 26.8. The minimum absolute atomic E-state index is 0.0150. The first-order chi connectivity index (χ1) is 21.4. The number of benzene rings is 1. The monoisotopic (exact) mass is 728 g/mol. The van der Waals surface area contributed by atoms with Crippen molar-refractivity contribution in [1.82, 2.24) is 60.0 Å². The SMILES string of the molecule is O=C(Cn1cc(CCn2cc(CCBr)nn2)nn1)Nc1ccc(NC(=O)Cn2cc(CCn3cc(CCBr)nn3)nn2)cc1. The van der Waals surface area contributed by atoms with Crippen LogP contribution in [0.4, 0.5) is 11.4 Å². The predicted molar refractivity (Wildman–Crippen MR) is 166 cm³/mol. The van der Waals surface area contributed by atoms with Gasteiger partial charge in [0.1, 0.15) is 13.1 Å². The fraction of sp³-hybridized carbons (Fsp3) is 0.385. The minimum atomic E-state index is -0.251. The van der Waals surface area contributed by atoms with Crippen LogP contribution >= 0.6 is 31.9 Å². The molecule has 0 spiro atoms. The summed E-state index contributed by atoms with van der Waals surface area (Å²) in [6.45, 7) is 1.27. The van der Waals surface area contributed by atoms with E-state index in [4.69, 9.17) is 0 Å². The minimum Gasteiger partial charge on any atom is -0.324 e. The maximum Gasteiger partial charge on any atom is 0.246 e. The Balaban J connectivity index is 1.02. The summed E-state index contributed by atoms with van der Waals surface area (Å²) >= 11 is 6.79. The fourth-order valence-electron chi connectivity index (χ4n) is 4.17. The van der Waals surface area contributed by atoms with E-state index < -0.39 is 0 Å². The molecule has 0 atom stereocenters. The van der Waals surface area contributed by atoms with E-state index in [-0.39, 0.29) is 24.9 Å². The molecule has 18 heteroatoms. The normalized spacial score (nSPS) is 11.1. The van der Waals surface area contributed by atoms with Crippen molar-refractivity contribution in [1.29, 1.82) is 0 Å². The number of carbonyl (C=O) groups excluding carboxylic acids is 2. The van der Waals surface area contributed by atoms with Gasteiger partial charge in [-0.15, -0.1) is 20.4 Å². The summed E-state index contributed by atoms with van der Waals surface area (Å²) in [6.07, 6.45) is 10.2. The second-order valence-corrected chi connectivity index (χ2v) is 11.4. The molecule has 0 saturated carbocycles. The Morgan fingerprint density at radius 1 is 0.545 bits per heavy atom. The first-order valence-electron chi connectivity index (χ1n) is 13.8. The number of nitrogens with zero attached hydrogens (tertiary/aromatic N) is 12. The largest absolute Gasteiger partial charge is 0.324 e. The standard InChI is InChI=1S/C26H30Br2N14O2/c27-9-5-21-13-39(35-31-21)11-7-23-15-41(37-33-23)17-25(43)29-19-1-2-20(4-3-19)30-26(44)18-42-16-24(34-38-42)8-12-40-14-22(6-10-28)32-36-40/h1-4,13-16H,5-12,17-18H2,(H,29,43)(H,30,44). The number of rotatable bonds is 16. The maximum atomic E-state index is 12.5. The predicted octanol–water partition coefficient (Wildman–Crippen LogP) is 1.69. The fourth-order valence-corrected chi connectivity index (χ4v) is 4.98. The van der Waals surface area contributed by atoms with Crippen molar-refractivity contribution in [3.8, 4) is 0 Å². The molecular formula is C26H30Br2N14O2. The van der Waals surface area contributed by atoms with Crippen molar-refractivity contribution in [3.63, 3.8) is 0 Å². The lowest BCUT2D eigenvalue weighted by Gasteiger charge is -2.08. The molecule has 4 aromatic heterocycles. The van der Waals surface area contributed by atoms with Crippen LogP contribution in [0.5, 0.6) is 0 Å². The highest BCUT2D eigenvalue weighted by Gasteiger charge is 2.10. The van der Waals surface area contributed by atoms with Gasteiger partial charge in [-0.3, -0.25) is 19.0 Å². The molecule has 5 rings (SSSR count). The van der Waals surface area contributed by atoms with E-state index in [0.717, 1.165) is 46.3 Å². The van der Waals surface area contributed by atoms with Gasteiger partial charge in [0.2, 0.25) is 11.8 Å². The lowest BCUT2D eigenvalue weighted by Crippen LogP contribution is -2.20. The van der Waals surface area contributed by atoms with Gasteiger partial charge >= 0.3 is 0 Å². The summed E-state index contributed by atoms with van der Waals surface area (Å²) in [4.78, 5) is 25.1. The molecule has 4 heterocycles. The molecule has 5 aromatic rings. The number of alkyl halides is 2. The van der Waals surface area contributed by atoms with Gasteiger partial charge in [0.05, 0.1) is 22.8 Å². The van der Waals surface area contributed by atoms with Gasteiger partial charge in [0.25, 0.3) is 0 Å². The molecule has 16 nitrogen and oxygen atoms in total. The van der Waals surface area contributed by atoms with Gasteiger partial charge in [0.15, 0.2) is 0 Å². The lowest BCUT2D eigenvalue weighted by molar-refractivity contribution is -0.117. The van der Waals surface area contributed by atoms with E-state index in [1.165, 1.54) is 9.36 Å². The van der Waals surface area contributed by atoms with Crippen LogP contribution in [0, 0.1) is 0 Å². The summed E-state index contributed by atoms with van der Waals surface area (Å²) in [7, 11) is 0. The Hall–Kier alpha value is -4.32. The van der Waals surface area contributed by atoms with Crippen molar-refractivity contribution in [2.24, 2.45) is 0 Å². The van der Waals surface area contributed by atoms with E-state index in [0.29, 0.717) is 37.3 Å². The second-order valence-electron chi connectivity index (χ2n) is 9.81. The zero-order valence-electron chi connectivity index (χ0n) is 23.6. The summed E-state index contributed by atoms with van der Waals surface area (Å²) in [5.74, 6) is -0.502. The van der Waals surface area contributed by atoms with Crippen LogP contribution in [0.3, 0.4) is 0 Å².